The molecule has 32 heavy (non-hydrogen) atoms. The largest absolute Gasteiger partial charge is 0.417 e. The van der Waals surface area contributed by atoms with Crippen LogP contribution in [0.3, 0.4) is 0 Å². The molecule has 5 heteroatoms. The average Bonchev–Trinajstić information content (AvgIpc) is 2.81. The molecule has 3 aromatic carbocycles. The van der Waals surface area contributed by atoms with Crippen LogP contribution in [0.2, 0.25) is 0 Å². The van der Waals surface area contributed by atoms with Gasteiger partial charge in [0.2, 0.25) is 0 Å². The highest BCUT2D eigenvalue weighted by Crippen LogP contribution is 2.33. The Bertz CT molecular complexity index is 1290. The third kappa shape index (κ3) is 4.66. The lowest BCUT2D eigenvalue weighted by molar-refractivity contribution is 0.215. The molecule has 0 aliphatic heterocycles. The third-order valence-corrected chi connectivity index (χ3v) is 5.00. The smallest absolute Gasteiger partial charge is 0.410 e. The first kappa shape index (κ1) is 20.8. The lowest BCUT2D eigenvalue weighted by Crippen LogP contribution is -2.18. The quantitative estimate of drug-likeness (QED) is 0.356. The van der Waals surface area contributed by atoms with E-state index in [1.165, 1.54) is 0 Å². The molecule has 0 saturated carbocycles. The topological polar surface area (TPSA) is 55.6 Å². The summed E-state index contributed by atoms with van der Waals surface area (Å²) in [7, 11) is 0. The van der Waals surface area contributed by atoms with Crippen molar-refractivity contribution in [2.24, 2.45) is 0 Å². The minimum absolute atomic E-state index is 0.468. The molecule has 1 aromatic heterocycles. The number of nitrogens with zero attached hydrogens (tertiary/aromatic N) is 2. The van der Waals surface area contributed by atoms with Gasteiger partial charge in [-0.3, -0.25) is 5.32 Å². The zero-order chi connectivity index (χ0) is 22.5. The zero-order valence-electron chi connectivity index (χ0n) is 17.8. The first-order valence-electron chi connectivity index (χ1n) is 10.1. The number of aromatic nitrogens is 1. The summed E-state index contributed by atoms with van der Waals surface area (Å²) in [5.74, 6) is 0.468. The van der Waals surface area contributed by atoms with E-state index >= 15 is 0 Å². The van der Waals surface area contributed by atoms with Crippen molar-refractivity contribution in [2.75, 3.05) is 5.32 Å². The van der Waals surface area contributed by atoms with Gasteiger partial charge < -0.3 is 4.74 Å². The summed E-state index contributed by atoms with van der Waals surface area (Å²) in [6.07, 6.45) is -0.582. The molecule has 0 spiro atoms. The van der Waals surface area contributed by atoms with Crippen molar-refractivity contribution in [3.63, 3.8) is 0 Å². The molecule has 0 saturated heterocycles. The molecule has 5 nitrogen and oxygen atoms in total. The van der Waals surface area contributed by atoms with Crippen molar-refractivity contribution < 1.29 is 9.53 Å². The first-order valence-corrected chi connectivity index (χ1v) is 10.1. The Morgan fingerprint density at radius 3 is 2.19 bits per heavy atom. The molecule has 0 aliphatic carbocycles. The predicted molar refractivity (Wildman–Crippen MR) is 127 cm³/mol. The van der Waals surface area contributed by atoms with Gasteiger partial charge in [-0.05, 0) is 43.2 Å². The highest BCUT2D eigenvalue weighted by molar-refractivity contribution is 5.92. The van der Waals surface area contributed by atoms with Crippen molar-refractivity contribution in [3.8, 4) is 28.3 Å². The van der Waals surface area contributed by atoms with E-state index < -0.39 is 6.09 Å². The van der Waals surface area contributed by atoms with Crippen LogP contribution >= 0.6 is 0 Å². The second kappa shape index (κ2) is 9.15. The van der Waals surface area contributed by atoms with Gasteiger partial charge in [0.15, 0.2) is 5.69 Å². The Balaban J connectivity index is 1.71. The number of ether oxygens (including phenoxy) is 1. The van der Waals surface area contributed by atoms with Gasteiger partial charge in [0.25, 0.3) is 0 Å². The third-order valence-electron chi connectivity index (χ3n) is 5.00. The van der Waals surface area contributed by atoms with Gasteiger partial charge in [0.1, 0.15) is 5.75 Å². The number of carbonyl (C=O) groups is 1. The molecule has 0 bridgehead atoms. The second-order valence-corrected chi connectivity index (χ2v) is 7.40. The van der Waals surface area contributed by atoms with Crippen molar-refractivity contribution in [2.45, 2.75) is 13.8 Å². The molecule has 0 atom stereocenters. The zero-order valence-corrected chi connectivity index (χ0v) is 17.8. The van der Waals surface area contributed by atoms with Crippen LogP contribution in [0.5, 0.6) is 5.75 Å². The summed E-state index contributed by atoms with van der Waals surface area (Å²) < 4.78 is 5.44. The summed E-state index contributed by atoms with van der Waals surface area (Å²) in [5, 5.41) is 2.85. The van der Waals surface area contributed by atoms with Crippen LogP contribution in [0.25, 0.3) is 27.4 Å². The second-order valence-electron chi connectivity index (χ2n) is 7.40. The number of rotatable bonds is 4. The Morgan fingerprint density at radius 1 is 0.875 bits per heavy atom. The molecule has 0 fully saturated rings. The maximum atomic E-state index is 12.6. The Labute approximate surface area is 187 Å². The number of hydrogen-bond donors (Lipinski definition) is 1. The van der Waals surface area contributed by atoms with E-state index in [9.17, 15) is 4.79 Å². The Kier molecular flexibility index (Phi) is 5.96. The normalized spacial score (nSPS) is 10.3. The van der Waals surface area contributed by atoms with Crippen molar-refractivity contribution in [1.82, 2.24) is 4.98 Å². The minimum Gasteiger partial charge on any atom is -0.410 e. The number of anilines is 1. The number of pyridine rings is 1. The highest BCUT2D eigenvalue weighted by Gasteiger charge is 2.16. The van der Waals surface area contributed by atoms with Crippen LogP contribution in [0.15, 0.2) is 84.9 Å². The summed E-state index contributed by atoms with van der Waals surface area (Å²) >= 11 is 0. The molecule has 1 amide bonds. The molecule has 1 N–H and O–H groups in total. The van der Waals surface area contributed by atoms with Gasteiger partial charge >= 0.3 is 6.09 Å². The summed E-state index contributed by atoms with van der Waals surface area (Å²) in [5.41, 5.74) is 6.33. The molecule has 4 rings (SSSR count). The maximum Gasteiger partial charge on any atom is 0.417 e. The molecule has 0 radical (unpaired) electrons. The minimum atomic E-state index is -0.582. The monoisotopic (exact) mass is 419 g/mol. The van der Waals surface area contributed by atoms with E-state index in [4.69, 9.17) is 16.3 Å². The summed E-state index contributed by atoms with van der Waals surface area (Å²) in [6, 6.07) is 26.2. The lowest BCUT2D eigenvalue weighted by Gasteiger charge is -2.15. The van der Waals surface area contributed by atoms with Crippen LogP contribution in [0.1, 0.15) is 11.1 Å². The van der Waals surface area contributed by atoms with Crippen LogP contribution in [-0.4, -0.2) is 11.1 Å². The van der Waals surface area contributed by atoms with E-state index in [2.05, 4.69) is 10.2 Å². The fourth-order valence-electron chi connectivity index (χ4n) is 3.36. The fraction of sp³-hybridized carbons (Fsp3) is 0.0741. The van der Waals surface area contributed by atoms with Crippen LogP contribution in [0, 0.1) is 20.4 Å². The first-order chi connectivity index (χ1) is 15.5. The fourth-order valence-corrected chi connectivity index (χ4v) is 3.36. The molecule has 156 valence electrons. The molecule has 0 unspecified atom stereocenters. The number of hydrogen-bond acceptors (Lipinski definition) is 3. The Hall–Kier alpha value is -4.43. The van der Waals surface area contributed by atoms with Gasteiger partial charge in [0, 0.05) is 5.56 Å². The van der Waals surface area contributed by atoms with E-state index in [1.807, 2.05) is 74.5 Å². The standard InChI is InChI=1S/C27H21N3O2/c1-18-9-15-23(16-10-18)32-27(31)29-24-17-19(2)25(21-11-13-22(28-3)14-12-21)30-26(24)20-7-5-4-6-8-20/h4-17H,1-2H3,(H,29,31). The van der Waals surface area contributed by atoms with Crippen molar-refractivity contribution >= 4 is 17.5 Å². The van der Waals surface area contributed by atoms with Crippen molar-refractivity contribution in [3.05, 3.63) is 107 Å². The summed E-state index contributed by atoms with van der Waals surface area (Å²) in [4.78, 5) is 20.9. The number of carbonyl (C=O) groups excluding carboxylic acids is 1. The number of nitrogens with one attached hydrogen (secondary N) is 1. The van der Waals surface area contributed by atoms with Crippen LogP contribution in [-0.2, 0) is 0 Å². The molecular formula is C27H21N3O2. The molecular weight excluding hydrogens is 398 g/mol. The van der Waals surface area contributed by atoms with E-state index in [1.54, 1.807) is 24.3 Å². The van der Waals surface area contributed by atoms with Crippen LogP contribution < -0.4 is 10.1 Å². The van der Waals surface area contributed by atoms with Gasteiger partial charge in [0.05, 0.1) is 23.6 Å². The lowest BCUT2D eigenvalue weighted by atomic mass is 10.0. The molecule has 0 aliphatic rings. The van der Waals surface area contributed by atoms with Gasteiger partial charge in [-0.25, -0.2) is 14.6 Å². The Morgan fingerprint density at radius 2 is 1.53 bits per heavy atom. The van der Waals surface area contributed by atoms with Crippen molar-refractivity contribution in [1.29, 1.82) is 0 Å². The maximum absolute atomic E-state index is 12.6. The molecule has 4 aromatic rings. The van der Waals surface area contributed by atoms with Gasteiger partial charge in [-0.1, -0.05) is 72.3 Å². The van der Waals surface area contributed by atoms with Crippen LogP contribution in [0.4, 0.5) is 16.2 Å². The molecule has 1 heterocycles. The van der Waals surface area contributed by atoms with E-state index in [0.29, 0.717) is 22.8 Å². The summed E-state index contributed by atoms with van der Waals surface area (Å²) in [6.45, 7) is 11.1. The number of amides is 1. The predicted octanol–water partition coefficient (Wildman–Crippen LogP) is 7.19. The number of aryl methyl sites for hydroxylation is 2. The number of benzene rings is 3. The van der Waals surface area contributed by atoms with E-state index in [-0.39, 0.29) is 0 Å². The van der Waals surface area contributed by atoms with E-state index in [0.717, 1.165) is 27.9 Å². The average molecular weight is 419 g/mol. The van der Waals surface area contributed by atoms with Gasteiger partial charge in [-0.15, -0.1) is 0 Å². The van der Waals surface area contributed by atoms with Gasteiger partial charge in [-0.2, -0.15) is 0 Å². The highest BCUT2D eigenvalue weighted by atomic mass is 16.6. The SMILES string of the molecule is [C-]#[N+]c1ccc(-c2nc(-c3ccccc3)c(NC(=O)Oc3ccc(C)cc3)cc2C)cc1.